The van der Waals surface area contributed by atoms with Crippen molar-refractivity contribution in [1.29, 1.82) is 0 Å². The minimum atomic E-state index is 0.207. The van der Waals surface area contributed by atoms with Gasteiger partial charge >= 0.3 is 0 Å². The van der Waals surface area contributed by atoms with Gasteiger partial charge in [-0.2, -0.15) is 5.10 Å². The summed E-state index contributed by atoms with van der Waals surface area (Å²) in [6.45, 7) is 5.94. The van der Waals surface area contributed by atoms with Crippen LogP contribution < -0.4 is 0 Å². The molecule has 0 fully saturated rings. The van der Waals surface area contributed by atoms with E-state index in [1.54, 1.807) is 10.9 Å². The molecule has 0 bridgehead atoms. The van der Waals surface area contributed by atoms with E-state index >= 15 is 0 Å². The first-order chi connectivity index (χ1) is 7.09. The molecule has 0 radical (unpaired) electrons. The summed E-state index contributed by atoms with van der Waals surface area (Å²) in [7, 11) is 0. The van der Waals surface area contributed by atoms with E-state index in [9.17, 15) is 5.11 Å². The molecule has 0 saturated carbocycles. The first-order valence-electron chi connectivity index (χ1n) is 4.91. The van der Waals surface area contributed by atoms with E-state index in [0.29, 0.717) is 0 Å². The molecule has 78 valence electrons. The van der Waals surface area contributed by atoms with Crippen LogP contribution >= 0.6 is 0 Å². The number of hydrogen-bond donors (Lipinski definition) is 1. The Bertz CT molecular complexity index is 500. The third kappa shape index (κ3) is 1.61. The Kier molecular flexibility index (Phi) is 2.23. The van der Waals surface area contributed by atoms with Crippen molar-refractivity contribution in [3.05, 3.63) is 41.1 Å². The summed E-state index contributed by atoms with van der Waals surface area (Å²) >= 11 is 0. The lowest BCUT2D eigenvalue weighted by Crippen LogP contribution is -1.96. The number of hydrogen-bond acceptors (Lipinski definition) is 2. The highest BCUT2D eigenvalue weighted by molar-refractivity contribution is 5.42. The molecule has 0 aliphatic rings. The largest absolute Gasteiger partial charge is 0.493 e. The van der Waals surface area contributed by atoms with Crippen LogP contribution in [0.3, 0.4) is 0 Å². The van der Waals surface area contributed by atoms with Gasteiger partial charge in [0.05, 0.1) is 11.9 Å². The molecule has 0 spiro atoms. The average Bonchev–Trinajstić information content (AvgIpc) is 2.53. The molecule has 2 aromatic rings. The van der Waals surface area contributed by atoms with Crippen LogP contribution in [0.5, 0.6) is 5.88 Å². The summed E-state index contributed by atoms with van der Waals surface area (Å²) < 4.78 is 1.54. The van der Waals surface area contributed by atoms with E-state index in [2.05, 4.69) is 12.0 Å². The SMILES string of the molecule is Cc1ccc(-n2ncc(C)c2O)cc1C. The van der Waals surface area contributed by atoms with Gasteiger partial charge in [0.2, 0.25) is 5.88 Å². The molecule has 0 amide bonds. The van der Waals surface area contributed by atoms with Gasteiger partial charge in [-0.1, -0.05) is 6.07 Å². The molecule has 2 rings (SSSR count). The molecule has 0 aliphatic carbocycles. The van der Waals surface area contributed by atoms with Gasteiger partial charge in [-0.25, -0.2) is 4.68 Å². The molecule has 1 N–H and O–H groups in total. The third-order valence-corrected chi connectivity index (χ3v) is 2.66. The van der Waals surface area contributed by atoms with E-state index in [0.717, 1.165) is 11.3 Å². The van der Waals surface area contributed by atoms with Gasteiger partial charge in [0.1, 0.15) is 0 Å². The second-order valence-corrected chi connectivity index (χ2v) is 3.83. The minimum Gasteiger partial charge on any atom is -0.493 e. The first kappa shape index (κ1) is 9.77. The summed E-state index contributed by atoms with van der Waals surface area (Å²) in [5.74, 6) is 0.207. The second kappa shape index (κ2) is 3.42. The van der Waals surface area contributed by atoms with Crippen molar-refractivity contribution in [1.82, 2.24) is 9.78 Å². The maximum absolute atomic E-state index is 9.75. The van der Waals surface area contributed by atoms with Crippen LogP contribution in [0, 0.1) is 20.8 Å². The monoisotopic (exact) mass is 202 g/mol. The first-order valence-corrected chi connectivity index (χ1v) is 4.91. The molecular weight excluding hydrogens is 188 g/mol. The lowest BCUT2D eigenvalue weighted by Gasteiger charge is -2.06. The molecule has 3 heteroatoms. The number of aryl methyl sites for hydroxylation is 3. The summed E-state index contributed by atoms with van der Waals surface area (Å²) in [6.07, 6.45) is 1.66. The fourth-order valence-electron chi connectivity index (χ4n) is 1.47. The Labute approximate surface area is 89.0 Å². The number of rotatable bonds is 1. The van der Waals surface area contributed by atoms with Crippen molar-refractivity contribution in [2.45, 2.75) is 20.8 Å². The quantitative estimate of drug-likeness (QED) is 0.771. The number of aromatic hydroxyl groups is 1. The van der Waals surface area contributed by atoms with Crippen molar-refractivity contribution in [3.8, 4) is 11.6 Å². The predicted molar refractivity (Wildman–Crippen MR) is 59.4 cm³/mol. The normalized spacial score (nSPS) is 10.6. The highest BCUT2D eigenvalue weighted by Gasteiger charge is 2.07. The minimum absolute atomic E-state index is 0.207. The van der Waals surface area contributed by atoms with Crippen LogP contribution in [-0.4, -0.2) is 14.9 Å². The van der Waals surface area contributed by atoms with E-state index in [-0.39, 0.29) is 5.88 Å². The van der Waals surface area contributed by atoms with Crippen molar-refractivity contribution in [3.63, 3.8) is 0 Å². The molecule has 3 nitrogen and oxygen atoms in total. The van der Waals surface area contributed by atoms with Crippen LogP contribution in [0.2, 0.25) is 0 Å². The Morgan fingerprint density at radius 2 is 1.80 bits per heavy atom. The number of aromatic nitrogens is 2. The summed E-state index contributed by atoms with van der Waals surface area (Å²) in [4.78, 5) is 0. The molecule has 1 heterocycles. The lowest BCUT2D eigenvalue weighted by atomic mass is 10.1. The zero-order valence-electron chi connectivity index (χ0n) is 9.15. The molecule has 15 heavy (non-hydrogen) atoms. The Hall–Kier alpha value is -1.77. The molecule has 0 aliphatic heterocycles. The van der Waals surface area contributed by atoms with Crippen molar-refractivity contribution in [2.24, 2.45) is 0 Å². The molecular formula is C12H14N2O. The van der Waals surface area contributed by atoms with Gasteiger partial charge in [0.15, 0.2) is 0 Å². The highest BCUT2D eigenvalue weighted by atomic mass is 16.3. The van der Waals surface area contributed by atoms with E-state index in [1.165, 1.54) is 11.1 Å². The van der Waals surface area contributed by atoms with Crippen LogP contribution in [-0.2, 0) is 0 Å². The summed E-state index contributed by atoms with van der Waals surface area (Å²) in [5.41, 5.74) is 4.11. The maximum atomic E-state index is 9.75. The van der Waals surface area contributed by atoms with Crippen molar-refractivity contribution < 1.29 is 5.11 Å². The topological polar surface area (TPSA) is 38.0 Å². The fourth-order valence-corrected chi connectivity index (χ4v) is 1.47. The van der Waals surface area contributed by atoms with Gasteiger partial charge in [-0.05, 0) is 44.0 Å². The van der Waals surface area contributed by atoms with Gasteiger partial charge in [0, 0.05) is 5.56 Å². The van der Waals surface area contributed by atoms with Gasteiger partial charge in [0.25, 0.3) is 0 Å². The van der Waals surface area contributed by atoms with Crippen LogP contribution in [0.4, 0.5) is 0 Å². The van der Waals surface area contributed by atoms with Crippen LogP contribution in [0.1, 0.15) is 16.7 Å². The molecule has 0 saturated heterocycles. The fraction of sp³-hybridized carbons (Fsp3) is 0.250. The predicted octanol–water partition coefficient (Wildman–Crippen LogP) is 2.50. The van der Waals surface area contributed by atoms with E-state index < -0.39 is 0 Å². The molecule has 0 atom stereocenters. The molecule has 1 aromatic heterocycles. The lowest BCUT2D eigenvalue weighted by molar-refractivity contribution is 0.430. The average molecular weight is 202 g/mol. The standard InChI is InChI=1S/C12H14N2O/c1-8-4-5-11(6-9(8)2)14-12(15)10(3)7-13-14/h4-7,15H,1-3H3. The summed E-state index contributed by atoms with van der Waals surface area (Å²) in [6, 6.07) is 6.00. The van der Waals surface area contributed by atoms with Gasteiger partial charge in [-0.15, -0.1) is 0 Å². The van der Waals surface area contributed by atoms with Crippen LogP contribution in [0.25, 0.3) is 5.69 Å². The van der Waals surface area contributed by atoms with E-state index in [1.807, 2.05) is 32.0 Å². The smallest absolute Gasteiger partial charge is 0.217 e. The Balaban J connectivity index is 2.55. The van der Waals surface area contributed by atoms with Gasteiger partial charge < -0.3 is 5.11 Å². The van der Waals surface area contributed by atoms with Crippen LogP contribution in [0.15, 0.2) is 24.4 Å². The van der Waals surface area contributed by atoms with E-state index in [4.69, 9.17) is 0 Å². The summed E-state index contributed by atoms with van der Waals surface area (Å²) in [5, 5.41) is 13.9. The van der Waals surface area contributed by atoms with Crippen molar-refractivity contribution >= 4 is 0 Å². The second-order valence-electron chi connectivity index (χ2n) is 3.83. The maximum Gasteiger partial charge on any atom is 0.217 e. The Morgan fingerprint density at radius 3 is 2.33 bits per heavy atom. The zero-order valence-corrected chi connectivity index (χ0v) is 9.15. The zero-order chi connectivity index (χ0) is 11.0. The Morgan fingerprint density at radius 1 is 1.07 bits per heavy atom. The number of benzene rings is 1. The molecule has 1 aromatic carbocycles. The highest BCUT2D eigenvalue weighted by Crippen LogP contribution is 2.21. The molecule has 0 unspecified atom stereocenters. The third-order valence-electron chi connectivity index (χ3n) is 2.66. The van der Waals surface area contributed by atoms with Gasteiger partial charge in [-0.3, -0.25) is 0 Å². The van der Waals surface area contributed by atoms with Crippen molar-refractivity contribution in [2.75, 3.05) is 0 Å². The number of nitrogens with zero attached hydrogens (tertiary/aromatic N) is 2.